The minimum atomic E-state index is -0.373. The number of unbranched alkanes of at least 4 members (excludes halogenated alkanes) is 1. The quantitative estimate of drug-likeness (QED) is 0.157. The molecule has 0 heterocycles. The number of non-ortho nitro benzene ring substituents is 1. The van der Waals surface area contributed by atoms with E-state index in [1.54, 1.807) is 12.1 Å². The number of rotatable bonds is 13. The molecule has 1 unspecified atom stereocenters. The predicted molar refractivity (Wildman–Crippen MR) is 115 cm³/mol. The predicted octanol–water partition coefficient (Wildman–Crippen LogP) is 3.52. The second-order valence-corrected chi connectivity index (χ2v) is 7.53. The first kappa shape index (κ1) is 23.9. The normalized spacial score (nSPS) is 12.8. The third-order valence-corrected chi connectivity index (χ3v) is 4.53. The van der Waals surface area contributed by atoms with Crippen LogP contribution in [-0.4, -0.2) is 42.2 Å². The average molecular weight is 393 g/mol. The van der Waals surface area contributed by atoms with Crippen molar-refractivity contribution in [3.63, 3.8) is 0 Å². The van der Waals surface area contributed by atoms with Gasteiger partial charge in [0.15, 0.2) is 5.96 Å². The number of nitro benzene ring substituents is 1. The molecule has 1 aromatic rings. The number of aliphatic hydroxyl groups excluding tert-OH is 1. The molecule has 0 aromatic heterocycles. The number of hydrogen-bond acceptors (Lipinski definition) is 4. The molecule has 7 heteroatoms. The molecule has 0 aliphatic carbocycles. The molecule has 1 rings (SSSR count). The lowest BCUT2D eigenvalue weighted by atomic mass is 9.94. The van der Waals surface area contributed by atoms with E-state index >= 15 is 0 Å². The van der Waals surface area contributed by atoms with Crippen molar-refractivity contribution in [2.45, 2.75) is 52.9 Å². The molecule has 0 spiro atoms. The number of hydrogen-bond donors (Lipinski definition) is 3. The highest BCUT2D eigenvalue weighted by atomic mass is 16.6. The SMILES string of the molecule is CCNC(=NCC(CCO)CC(C)C)NCCCCc1ccc([N+](=O)[O-])cc1. The summed E-state index contributed by atoms with van der Waals surface area (Å²) >= 11 is 0. The number of aliphatic imine (C=N–C) groups is 1. The van der Waals surface area contributed by atoms with Crippen molar-refractivity contribution in [2.24, 2.45) is 16.8 Å². The van der Waals surface area contributed by atoms with Gasteiger partial charge in [0.1, 0.15) is 0 Å². The summed E-state index contributed by atoms with van der Waals surface area (Å²) in [5.41, 5.74) is 1.25. The molecule has 0 aliphatic heterocycles. The third kappa shape index (κ3) is 10.3. The zero-order valence-electron chi connectivity index (χ0n) is 17.5. The van der Waals surface area contributed by atoms with Crippen LogP contribution < -0.4 is 10.6 Å². The molecule has 3 N–H and O–H groups in total. The van der Waals surface area contributed by atoms with Gasteiger partial charge in [-0.3, -0.25) is 15.1 Å². The van der Waals surface area contributed by atoms with E-state index in [0.29, 0.717) is 11.8 Å². The van der Waals surface area contributed by atoms with Crippen LogP contribution in [0.3, 0.4) is 0 Å². The van der Waals surface area contributed by atoms with Crippen LogP contribution in [-0.2, 0) is 6.42 Å². The number of benzene rings is 1. The Bertz CT molecular complexity index is 588. The molecule has 0 amide bonds. The molecule has 0 saturated heterocycles. The summed E-state index contributed by atoms with van der Waals surface area (Å²) in [4.78, 5) is 15.0. The smallest absolute Gasteiger partial charge is 0.269 e. The van der Waals surface area contributed by atoms with Crippen LogP contribution in [0.1, 0.15) is 52.0 Å². The molecular weight excluding hydrogens is 356 g/mol. The molecule has 1 aromatic carbocycles. The first-order valence-corrected chi connectivity index (χ1v) is 10.3. The number of nitrogens with zero attached hydrogens (tertiary/aromatic N) is 2. The van der Waals surface area contributed by atoms with Gasteiger partial charge in [0.05, 0.1) is 4.92 Å². The van der Waals surface area contributed by atoms with Crippen molar-refractivity contribution in [1.82, 2.24) is 10.6 Å². The average Bonchev–Trinajstić information content (AvgIpc) is 2.65. The molecule has 0 fully saturated rings. The van der Waals surface area contributed by atoms with Crippen LogP contribution in [0, 0.1) is 22.0 Å². The minimum absolute atomic E-state index is 0.133. The molecule has 28 heavy (non-hydrogen) atoms. The van der Waals surface area contributed by atoms with E-state index < -0.39 is 0 Å². The molecule has 0 radical (unpaired) electrons. The number of nitro groups is 1. The zero-order valence-corrected chi connectivity index (χ0v) is 17.5. The summed E-state index contributed by atoms with van der Waals surface area (Å²) in [6, 6.07) is 6.77. The molecule has 0 aliphatic rings. The van der Waals surface area contributed by atoms with Crippen LogP contribution >= 0.6 is 0 Å². The van der Waals surface area contributed by atoms with Crippen molar-refractivity contribution < 1.29 is 10.0 Å². The van der Waals surface area contributed by atoms with E-state index in [1.807, 2.05) is 19.1 Å². The summed E-state index contributed by atoms with van der Waals surface area (Å²) in [6.07, 6.45) is 4.76. The summed E-state index contributed by atoms with van der Waals surface area (Å²) < 4.78 is 0. The Morgan fingerprint density at radius 1 is 1.21 bits per heavy atom. The summed E-state index contributed by atoms with van der Waals surface area (Å²) in [7, 11) is 0. The van der Waals surface area contributed by atoms with Gasteiger partial charge < -0.3 is 15.7 Å². The first-order valence-electron chi connectivity index (χ1n) is 10.3. The van der Waals surface area contributed by atoms with Crippen molar-refractivity contribution in [3.8, 4) is 0 Å². The number of guanidine groups is 1. The standard InChI is InChI=1S/C21H36N4O3/c1-4-22-21(24-16-19(12-14-26)15-17(2)3)23-13-6-5-7-18-8-10-20(11-9-18)25(27)28/h8-11,17,19,26H,4-7,12-16H2,1-3H3,(H2,22,23,24). The second kappa shape index (κ2) is 13.9. The lowest BCUT2D eigenvalue weighted by Gasteiger charge is -2.17. The Balaban J connectivity index is 2.38. The third-order valence-electron chi connectivity index (χ3n) is 4.53. The fraction of sp³-hybridized carbons (Fsp3) is 0.667. The van der Waals surface area contributed by atoms with Gasteiger partial charge in [-0.15, -0.1) is 0 Å². The van der Waals surface area contributed by atoms with Crippen LogP contribution in [0.5, 0.6) is 0 Å². The Hall–Kier alpha value is -2.15. The highest BCUT2D eigenvalue weighted by molar-refractivity contribution is 5.79. The maximum Gasteiger partial charge on any atom is 0.269 e. The van der Waals surface area contributed by atoms with Crippen LogP contribution in [0.4, 0.5) is 5.69 Å². The van der Waals surface area contributed by atoms with Crippen LogP contribution in [0.25, 0.3) is 0 Å². The van der Waals surface area contributed by atoms with E-state index in [4.69, 9.17) is 0 Å². The minimum Gasteiger partial charge on any atom is -0.396 e. The van der Waals surface area contributed by atoms with Crippen LogP contribution in [0.2, 0.25) is 0 Å². The largest absolute Gasteiger partial charge is 0.396 e. The first-order chi connectivity index (χ1) is 13.5. The van der Waals surface area contributed by atoms with E-state index in [9.17, 15) is 15.2 Å². The van der Waals surface area contributed by atoms with Gasteiger partial charge in [0.2, 0.25) is 0 Å². The van der Waals surface area contributed by atoms with Gasteiger partial charge in [0, 0.05) is 38.4 Å². The summed E-state index contributed by atoms with van der Waals surface area (Å²) in [5.74, 6) is 1.83. The van der Waals surface area contributed by atoms with E-state index in [1.165, 1.54) is 0 Å². The molecular formula is C21H36N4O3. The van der Waals surface area contributed by atoms with Crippen molar-refractivity contribution in [3.05, 3.63) is 39.9 Å². The van der Waals surface area contributed by atoms with E-state index in [0.717, 1.165) is 63.3 Å². The van der Waals surface area contributed by atoms with Gasteiger partial charge in [-0.1, -0.05) is 26.0 Å². The molecule has 7 nitrogen and oxygen atoms in total. The van der Waals surface area contributed by atoms with Gasteiger partial charge in [-0.05, 0) is 56.4 Å². The summed E-state index contributed by atoms with van der Waals surface area (Å²) in [6.45, 7) is 9.00. The van der Waals surface area contributed by atoms with Crippen molar-refractivity contribution in [2.75, 3.05) is 26.2 Å². The van der Waals surface area contributed by atoms with E-state index in [2.05, 4.69) is 29.5 Å². The van der Waals surface area contributed by atoms with E-state index in [-0.39, 0.29) is 17.2 Å². The Labute approximate surface area is 168 Å². The Kier molecular flexibility index (Phi) is 11.9. The highest BCUT2D eigenvalue weighted by Crippen LogP contribution is 2.15. The maximum absolute atomic E-state index is 10.7. The second-order valence-electron chi connectivity index (χ2n) is 7.53. The fourth-order valence-electron chi connectivity index (χ4n) is 3.14. The van der Waals surface area contributed by atoms with Crippen LogP contribution in [0.15, 0.2) is 29.3 Å². The summed E-state index contributed by atoms with van der Waals surface area (Å²) in [5, 5.41) is 26.6. The van der Waals surface area contributed by atoms with Crippen molar-refractivity contribution >= 4 is 11.6 Å². The van der Waals surface area contributed by atoms with Gasteiger partial charge in [-0.2, -0.15) is 0 Å². The highest BCUT2D eigenvalue weighted by Gasteiger charge is 2.10. The van der Waals surface area contributed by atoms with Gasteiger partial charge in [-0.25, -0.2) is 0 Å². The number of nitrogens with one attached hydrogen (secondary N) is 2. The van der Waals surface area contributed by atoms with Gasteiger partial charge in [0.25, 0.3) is 5.69 Å². The maximum atomic E-state index is 10.7. The molecule has 0 saturated carbocycles. The monoisotopic (exact) mass is 392 g/mol. The zero-order chi connectivity index (χ0) is 20.8. The molecule has 1 atom stereocenters. The van der Waals surface area contributed by atoms with Gasteiger partial charge >= 0.3 is 0 Å². The Morgan fingerprint density at radius 3 is 2.50 bits per heavy atom. The molecule has 158 valence electrons. The number of aliphatic hydroxyl groups is 1. The lowest BCUT2D eigenvalue weighted by molar-refractivity contribution is -0.384. The van der Waals surface area contributed by atoms with Crippen molar-refractivity contribution in [1.29, 1.82) is 0 Å². The molecule has 0 bridgehead atoms. The lowest BCUT2D eigenvalue weighted by Crippen LogP contribution is -2.38. The fourth-order valence-corrected chi connectivity index (χ4v) is 3.14. The Morgan fingerprint density at radius 2 is 1.93 bits per heavy atom. The number of aryl methyl sites for hydroxylation is 1. The topological polar surface area (TPSA) is 99.8 Å².